The molecule has 0 unspecified atom stereocenters. The Morgan fingerprint density at radius 3 is 2.80 bits per heavy atom. The third-order valence-corrected chi connectivity index (χ3v) is 6.29. The van der Waals surface area contributed by atoms with Crippen molar-refractivity contribution in [1.29, 1.82) is 0 Å². The van der Waals surface area contributed by atoms with Crippen molar-refractivity contribution in [2.24, 2.45) is 0 Å². The van der Waals surface area contributed by atoms with E-state index in [2.05, 4.69) is 20.4 Å². The number of piperazine rings is 1. The number of likely N-dealkylation sites (N-methyl/N-ethyl adjacent to an activating group) is 1. The summed E-state index contributed by atoms with van der Waals surface area (Å²) < 4.78 is 0. The quantitative estimate of drug-likeness (QED) is 0.844. The lowest BCUT2D eigenvalue weighted by atomic mass is 9.83. The molecule has 0 radical (unpaired) electrons. The van der Waals surface area contributed by atoms with Gasteiger partial charge in [0, 0.05) is 26.2 Å². The summed E-state index contributed by atoms with van der Waals surface area (Å²) in [7, 11) is 2.00. The van der Waals surface area contributed by atoms with E-state index in [1.807, 2.05) is 29.5 Å². The lowest BCUT2D eigenvalue weighted by molar-refractivity contribution is -0.139. The number of nitrogens with one attached hydrogen (secondary N) is 2. The van der Waals surface area contributed by atoms with Gasteiger partial charge in [0.05, 0.1) is 22.3 Å². The van der Waals surface area contributed by atoms with E-state index in [-0.39, 0.29) is 11.8 Å². The van der Waals surface area contributed by atoms with Crippen LogP contribution in [0, 0.1) is 0 Å². The van der Waals surface area contributed by atoms with Crippen molar-refractivity contribution in [1.82, 2.24) is 25.3 Å². The highest BCUT2D eigenvalue weighted by atomic mass is 32.1. The van der Waals surface area contributed by atoms with Crippen molar-refractivity contribution in [3.8, 4) is 10.6 Å². The smallest absolute Gasteiger partial charge is 0.257 e. The van der Waals surface area contributed by atoms with Gasteiger partial charge in [-0.25, -0.2) is 0 Å². The van der Waals surface area contributed by atoms with Gasteiger partial charge in [-0.15, -0.1) is 11.3 Å². The molecule has 2 saturated heterocycles. The van der Waals surface area contributed by atoms with E-state index in [1.54, 1.807) is 17.5 Å². The van der Waals surface area contributed by atoms with E-state index in [4.69, 9.17) is 0 Å². The zero-order valence-corrected chi connectivity index (χ0v) is 14.9. The Morgan fingerprint density at radius 1 is 1.32 bits per heavy atom. The van der Waals surface area contributed by atoms with Crippen LogP contribution >= 0.6 is 11.3 Å². The number of thiophene rings is 1. The van der Waals surface area contributed by atoms with Crippen LogP contribution in [0.1, 0.15) is 23.2 Å². The summed E-state index contributed by atoms with van der Waals surface area (Å²) in [5.74, 6) is 0.0711. The van der Waals surface area contributed by atoms with Crippen LogP contribution in [0.25, 0.3) is 10.6 Å². The van der Waals surface area contributed by atoms with E-state index >= 15 is 0 Å². The molecule has 8 heteroatoms. The lowest BCUT2D eigenvalue weighted by Crippen LogP contribution is -2.67. The molecule has 2 aliphatic rings. The standard InChI is InChI=1S/C17H21N5O2S/c1-21-9-6-18-16(24)17(21)4-7-22(8-5-17)15(23)12-11-19-20-14(12)13-3-2-10-25-13/h2-3,10-11H,4-9H2,1H3,(H,18,24)(H,19,20). The number of nitrogens with zero attached hydrogens (tertiary/aromatic N) is 3. The molecular formula is C17H21N5O2S. The summed E-state index contributed by atoms with van der Waals surface area (Å²) in [5.41, 5.74) is 0.898. The second-order valence-corrected chi connectivity index (χ2v) is 7.58. The van der Waals surface area contributed by atoms with Crippen LogP contribution < -0.4 is 5.32 Å². The van der Waals surface area contributed by atoms with Crippen LogP contribution in [-0.4, -0.2) is 70.6 Å². The molecule has 1 spiro atoms. The fourth-order valence-electron chi connectivity index (χ4n) is 3.80. The van der Waals surface area contributed by atoms with Crippen molar-refractivity contribution in [2.75, 3.05) is 33.2 Å². The number of amides is 2. The van der Waals surface area contributed by atoms with E-state index < -0.39 is 5.54 Å². The van der Waals surface area contributed by atoms with Crippen LogP contribution in [0.4, 0.5) is 0 Å². The molecule has 0 aliphatic carbocycles. The Hall–Kier alpha value is -2.19. The fourth-order valence-corrected chi connectivity index (χ4v) is 4.54. The SMILES string of the molecule is CN1CCNC(=O)C12CCN(C(=O)c1cn[nH]c1-c1cccs1)CC2. The van der Waals surface area contributed by atoms with E-state index in [1.165, 1.54) is 0 Å². The molecular weight excluding hydrogens is 338 g/mol. The van der Waals surface area contributed by atoms with Gasteiger partial charge in [0.15, 0.2) is 0 Å². The second-order valence-electron chi connectivity index (χ2n) is 6.64. The highest BCUT2D eigenvalue weighted by molar-refractivity contribution is 7.13. The molecule has 4 rings (SSSR count). The Kier molecular flexibility index (Phi) is 4.09. The zero-order chi connectivity index (χ0) is 17.4. The first-order valence-electron chi connectivity index (χ1n) is 8.48. The molecule has 0 bridgehead atoms. The van der Waals surface area contributed by atoms with E-state index in [0.29, 0.717) is 38.0 Å². The van der Waals surface area contributed by atoms with Crippen LogP contribution in [0.5, 0.6) is 0 Å². The van der Waals surface area contributed by atoms with Gasteiger partial charge in [-0.3, -0.25) is 19.6 Å². The third kappa shape index (κ3) is 2.65. The Balaban J connectivity index is 1.51. The zero-order valence-electron chi connectivity index (χ0n) is 14.1. The van der Waals surface area contributed by atoms with Crippen molar-refractivity contribution < 1.29 is 9.59 Å². The number of piperidine rings is 1. The van der Waals surface area contributed by atoms with Gasteiger partial charge in [-0.2, -0.15) is 5.10 Å². The van der Waals surface area contributed by atoms with Gasteiger partial charge < -0.3 is 10.2 Å². The minimum atomic E-state index is -0.470. The largest absolute Gasteiger partial charge is 0.353 e. The molecule has 7 nitrogen and oxygen atoms in total. The number of hydrogen-bond acceptors (Lipinski definition) is 5. The van der Waals surface area contributed by atoms with Crippen molar-refractivity contribution in [2.45, 2.75) is 18.4 Å². The lowest BCUT2D eigenvalue weighted by Gasteiger charge is -2.48. The van der Waals surface area contributed by atoms with Gasteiger partial charge in [-0.05, 0) is 31.3 Å². The van der Waals surface area contributed by atoms with Crippen molar-refractivity contribution >= 4 is 23.2 Å². The molecule has 2 fully saturated rings. The third-order valence-electron chi connectivity index (χ3n) is 5.40. The summed E-state index contributed by atoms with van der Waals surface area (Å²) >= 11 is 1.58. The summed E-state index contributed by atoms with van der Waals surface area (Å²) in [4.78, 5) is 30.4. The molecule has 0 aromatic carbocycles. The minimum absolute atomic E-state index is 0.0223. The number of carbonyl (C=O) groups is 2. The predicted octanol–water partition coefficient (Wildman–Crippen LogP) is 1.17. The molecule has 25 heavy (non-hydrogen) atoms. The molecule has 2 aliphatic heterocycles. The Bertz CT molecular complexity index is 777. The number of aromatic nitrogens is 2. The van der Waals surface area contributed by atoms with E-state index in [9.17, 15) is 9.59 Å². The first kappa shape index (κ1) is 16.3. The predicted molar refractivity (Wildman–Crippen MR) is 95.4 cm³/mol. The number of likely N-dealkylation sites (tertiary alicyclic amines) is 1. The first-order chi connectivity index (χ1) is 12.1. The summed E-state index contributed by atoms with van der Waals surface area (Å²) in [6.07, 6.45) is 2.92. The van der Waals surface area contributed by atoms with Crippen molar-refractivity contribution in [3.63, 3.8) is 0 Å². The van der Waals surface area contributed by atoms with Gasteiger partial charge in [-0.1, -0.05) is 6.07 Å². The summed E-state index contributed by atoms with van der Waals surface area (Å²) in [6.45, 7) is 2.69. The Morgan fingerprint density at radius 2 is 2.12 bits per heavy atom. The monoisotopic (exact) mass is 359 g/mol. The van der Waals surface area contributed by atoms with Crippen LogP contribution in [0.15, 0.2) is 23.7 Å². The first-order valence-corrected chi connectivity index (χ1v) is 9.36. The number of rotatable bonds is 2. The summed E-state index contributed by atoms with van der Waals surface area (Å²) in [6, 6.07) is 3.93. The average Bonchev–Trinajstić information content (AvgIpc) is 3.30. The molecule has 2 aromatic heterocycles. The van der Waals surface area contributed by atoms with E-state index in [0.717, 1.165) is 17.1 Å². The second kappa shape index (κ2) is 6.27. The number of hydrogen-bond donors (Lipinski definition) is 2. The number of carbonyl (C=O) groups excluding carboxylic acids is 2. The van der Waals surface area contributed by atoms with Gasteiger partial charge in [0.1, 0.15) is 5.54 Å². The fraction of sp³-hybridized carbons (Fsp3) is 0.471. The molecule has 132 valence electrons. The molecule has 2 aromatic rings. The van der Waals surface area contributed by atoms with Crippen LogP contribution in [0.2, 0.25) is 0 Å². The van der Waals surface area contributed by atoms with Crippen LogP contribution in [-0.2, 0) is 4.79 Å². The molecule has 4 heterocycles. The van der Waals surface area contributed by atoms with Gasteiger partial charge >= 0.3 is 0 Å². The molecule has 0 saturated carbocycles. The normalized spacial score (nSPS) is 20.7. The minimum Gasteiger partial charge on any atom is -0.353 e. The highest BCUT2D eigenvalue weighted by Crippen LogP contribution is 2.32. The Labute approximate surface area is 150 Å². The maximum absolute atomic E-state index is 13.0. The number of H-pyrrole nitrogens is 1. The molecule has 2 amide bonds. The molecule has 2 N–H and O–H groups in total. The van der Waals surface area contributed by atoms with Gasteiger partial charge in [0.2, 0.25) is 5.91 Å². The highest BCUT2D eigenvalue weighted by Gasteiger charge is 2.47. The van der Waals surface area contributed by atoms with Crippen LogP contribution in [0.3, 0.4) is 0 Å². The van der Waals surface area contributed by atoms with Gasteiger partial charge in [0.25, 0.3) is 5.91 Å². The number of aromatic amines is 1. The van der Waals surface area contributed by atoms with Crippen molar-refractivity contribution in [3.05, 3.63) is 29.3 Å². The maximum atomic E-state index is 13.0. The summed E-state index contributed by atoms with van der Waals surface area (Å²) in [5, 5.41) is 12.0. The topological polar surface area (TPSA) is 81.3 Å². The average molecular weight is 359 g/mol. The molecule has 0 atom stereocenters. The maximum Gasteiger partial charge on any atom is 0.257 e.